The molecular weight excluding hydrogens is 252 g/mol. The highest BCUT2D eigenvalue weighted by Gasteiger charge is 2.15. The molecule has 0 spiro atoms. The van der Waals surface area contributed by atoms with Crippen LogP contribution in [0.2, 0.25) is 0 Å². The number of rotatable bonds is 5. The number of carbonyl (C=O) groups is 1. The predicted molar refractivity (Wildman–Crippen MR) is 79.7 cm³/mol. The van der Waals surface area contributed by atoms with E-state index >= 15 is 0 Å². The molecular formula is C16H20N2O2. The largest absolute Gasteiger partial charge is 0.461 e. The first-order chi connectivity index (χ1) is 9.58. The normalized spacial score (nSPS) is 10.8. The molecule has 0 unspecified atom stereocenters. The molecule has 0 saturated heterocycles. The maximum absolute atomic E-state index is 12.1. The van der Waals surface area contributed by atoms with Gasteiger partial charge in [0.05, 0.1) is 12.3 Å². The summed E-state index contributed by atoms with van der Waals surface area (Å²) >= 11 is 0. The van der Waals surface area contributed by atoms with Crippen LogP contribution in [0, 0.1) is 0 Å². The summed E-state index contributed by atoms with van der Waals surface area (Å²) in [5.41, 5.74) is 7.98. The van der Waals surface area contributed by atoms with Gasteiger partial charge in [0.15, 0.2) is 0 Å². The predicted octanol–water partition coefficient (Wildman–Crippen LogP) is 3.05. The van der Waals surface area contributed by atoms with Crippen LogP contribution in [-0.2, 0) is 11.2 Å². The minimum atomic E-state index is -0.327. The number of nitrogen functional groups attached to an aromatic ring is 1. The third kappa shape index (κ3) is 3.41. The van der Waals surface area contributed by atoms with E-state index in [1.54, 1.807) is 12.3 Å². The number of ether oxygens (including phenoxy) is 1. The van der Waals surface area contributed by atoms with Crippen molar-refractivity contribution in [1.82, 2.24) is 4.57 Å². The quantitative estimate of drug-likeness (QED) is 0.851. The Labute approximate surface area is 119 Å². The third-order valence-corrected chi connectivity index (χ3v) is 3.10. The fourth-order valence-corrected chi connectivity index (χ4v) is 2.07. The molecule has 4 nitrogen and oxygen atoms in total. The molecule has 106 valence electrons. The number of hydrogen-bond acceptors (Lipinski definition) is 3. The van der Waals surface area contributed by atoms with Crippen molar-refractivity contribution in [2.75, 3.05) is 12.3 Å². The Morgan fingerprint density at radius 1 is 1.30 bits per heavy atom. The summed E-state index contributed by atoms with van der Waals surface area (Å²) in [6.45, 7) is 4.37. The monoisotopic (exact) mass is 272 g/mol. The molecule has 0 aliphatic carbocycles. The number of benzene rings is 1. The highest BCUT2D eigenvalue weighted by atomic mass is 16.5. The molecule has 20 heavy (non-hydrogen) atoms. The lowest BCUT2D eigenvalue weighted by molar-refractivity contribution is 0.0495. The zero-order valence-electron chi connectivity index (χ0n) is 11.9. The molecule has 1 heterocycles. The Bertz CT molecular complexity index is 573. The van der Waals surface area contributed by atoms with E-state index in [-0.39, 0.29) is 12.0 Å². The maximum Gasteiger partial charge on any atom is 0.355 e. The van der Waals surface area contributed by atoms with Crippen molar-refractivity contribution in [3.8, 4) is 0 Å². The van der Waals surface area contributed by atoms with Gasteiger partial charge in [-0.1, -0.05) is 30.3 Å². The van der Waals surface area contributed by atoms with Gasteiger partial charge in [0, 0.05) is 18.7 Å². The Morgan fingerprint density at radius 2 is 2.00 bits per heavy atom. The highest BCUT2D eigenvalue weighted by molar-refractivity contribution is 5.89. The van der Waals surface area contributed by atoms with Gasteiger partial charge in [0.1, 0.15) is 5.69 Å². The van der Waals surface area contributed by atoms with Gasteiger partial charge < -0.3 is 15.0 Å². The van der Waals surface area contributed by atoms with E-state index in [2.05, 4.69) is 0 Å². The average molecular weight is 272 g/mol. The second kappa shape index (κ2) is 6.28. The molecule has 0 amide bonds. The molecule has 0 saturated carbocycles. The molecule has 0 bridgehead atoms. The Kier molecular flexibility index (Phi) is 4.45. The van der Waals surface area contributed by atoms with Crippen LogP contribution in [0.5, 0.6) is 0 Å². The molecule has 0 atom stereocenters. The van der Waals surface area contributed by atoms with Gasteiger partial charge in [-0.05, 0) is 25.5 Å². The van der Waals surface area contributed by atoms with Crippen LogP contribution in [0.4, 0.5) is 5.69 Å². The lowest BCUT2D eigenvalue weighted by Crippen LogP contribution is -2.14. The van der Waals surface area contributed by atoms with E-state index in [4.69, 9.17) is 10.5 Å². The second-order valence-corrected chi connectivity index (χ2v) is 5.03. The zero-order chi connectivity index (χ0) is 14.5. The smallest absolute Gasteiger partial charge is 0.355 e. The van der Waals surface area contributed by atoms with Crippen molar-refractivity contribution in [3.63, 3.8) is 0 Å². The van der Waals surface area contributed by atoms with Gasteiger partial charge in [-0.25, -0.2) is 4.79 Å². The summed E-state index contributed by atoms with van der Waals surface area (Å²) in [6.07, 6.45) is 2.48. The standard InChI is InChI=1S/C16H20N2O2/c1-12(2)18-11-14(17)10-15(18)16(19)20-9-8-13-6-4-3-5-7-13/h3-7,10-12H,8-9,17H2,1-2H3. The van der Waals surface area contributed by atoms with E-state index in [9.17, 15) is 4.79 Å². The molecule has 0 fully saturated rings. The van der Waals surface area contributed by atoms with Gasteiger partial charge >= 0.3 is 5.97 Å². The van der Waals surface area contributed by atoms with E-state index in [1.807, 2.05) is 48.7 Å². The van der Waals surface area contributed by atoms with Crippen LogP contribution in [-0.4, -0.2) is 17.1 Å². The highest BCUT2D eigenvalue weighted by Crippen LogP contribution is 2.17. The van der Waals surface area contributed by atoms with Gasteiger partial charge in [-0.2, -0.15) is 0 Å². The van der Waals surface area contributed by atoms with Crippen LogP contribution >= 0.6 is 0 Å². The topological polar surface area (TPSA) is 57.2 Å². The maximum atomic E-state index is 12.1. The van der Waals surface area contributed by atoms with Crippen LogP contribution in [0.3, 0.4) is 0 Å². The number of aromatic nitrogens is 1. The number of carbonyl (C=O) groups excluding carboxylic acids is 1. The van der Waals surface area contributed by atoms with Crippen molar-refractivity contribution in [2.24, 2.45) is 0 Å². The molecule has 1 aromatic heterocycles. The van der Waals surface area contributed by atoms with Crippen LogP contribution in [0.1, 0.15) is 35.9 Å². The molecule has 0 aliphatic rings. The zero-order valence-corrected chi connectivity index (χ0v) is 11.9. The van der Waals surface area contributed by atoms with Gasteiger partial charge in [-0.3, -0.25) is 0 Å². The molecule has 4 heteroatoms. The fraction of sp³-hybridized carbons (Fsp3) is 0.312. The summed E-state index contributed by atoms with van der Waals surface area (Å²) in [7, 11) is 0. The number of anilines is 1. The molecule has 2 N–H and O–H groups in total. The van der Waals surface area contributed by atoms with Crippen molar-refractivity contribution in [2.45, 2.75) is 26.3 Å². The molecule has 1 aromatic carbocycles. The average Bonchev–Trinajstić information content (AvgIpc) is 2.82. The van der Waals surface area contributed by atoms with Crippen molar-refractivity contribution < 1.29 is 9.53 Å². The Morgan fingerprint density at radius 3 is 2.65 bits per heavy atom. The molecule has 0 aliphatic heterocycles. The van der Waals surface area contributed by atoms with E-state index < -0.39 is 0 Å². The molecule has 2 rings (SSSR count). The SMILES string of the molecule is CC(C)n1cc(N)cc1C(=O)OCCc1ccccc1. The molecule has 2 aromatic rings. The number of nitrogens with two attached hydrogens (primary N) is 1. The first-order valence-corrected chi connectivity index (χ1v) is 6.76. The fourth-order valence-electron chi connectivity index (χ4n) is 2.07. The second-order valence-electron chi connectivity index (χ2n) is 5.03. The number of esters is 1. The van der Waals surface area contributed by atoms with E-state index in [0.29, 0.717) is 24.4 Å². The Balaban J connectivity index is 1.95. The summed E-state index contributed by atoms with van der Waals surface area (Å²) < 4.78 is 7.15. The van der Waals surface area contributed by atoms with Crippen molar-refractivity contribution >= 4 is 11.7 Å². The van der Waals surface area contributed by atoms with Gasteiger partial charge in [0.25, 0.3) is 0 Å². The third-order valence-electron chi connectivity index (χ3n) is 3.10. The summed E-state index contributed by atoms with van der Waals surface area (Å²) in [6, 6.07) is 11.8. The first-order valence-electron chi connectivity index (χ1n) is 6.76. The van der Waals surface area contributed by atoms with Crippen molar-refractivity contribution in [3.05, 3.63) is 53.9 Å². The van der Waals surface area contributed by atoms with Gasteiger partial charge in [-0.15, -0.1) is 0 Å². The Hall–Kier alpha value is -2.23. The molecule has 0 radical (unpaired) electrons. The number of nitrogens with zero attached hydrogens (tertiary/aromatic N) is 1. The number of hydrogen-bond donors (Lipinski definition) is 1. The van der Waals surface area contributed by atoms with Crippen molar-refractivity contribution in [1.29, 1.82) is 0 Å². The van der Waals surface area contributed by atoms with Crippen LogP contribution in [0.25, 0.3) is 0 Å². The van der Waals surface area contributed by atoms with Gasteiger partial charge in [0.2, 0.25) is 0 Å². The summed E-state index contributed by atoms with van der Waals surface area (Å²) in [4.78, 5) is 12.1. The summed E-state index contributed by atoms with van der Waals surface area (Å²) in [5.74, 6) is -0.327. The van der Waals surface area contributed by atoms with Crippen LogP contribution in [0.15, 0.2) is 42.6 Å². The van der Waals surface area contributed by atoms with E-state index in [1.165, 1.54) is 0 Å². The minimum Gasteiger partial charge on any atom is -0.461 e. The minimum absolute atomic E-state index is 0.170. The lowest BCUT2D eigenvalue weighted by Gasteiger charge is -2.12. The first kappa shape index (κ1) is 14.2. The van der Waals surface area contributed by atoms with E-state index in [0.717, 1.165) is 5.56 Å². The van der Waals surface area contributed by atoms with Crippen LogP contribution < -0.4 is 5.73 Å². The summed E-state index contributed by atoms with van der Waals surface area (Å²) in [5, 5.41) is 0. The lowest BCUT2D eigenvalue weighted by atomic mass is 10.2.